The molecule has 0 atom stereocenters. The Morgan fingerprint density at radius 3 is 2.50 bits per heavy atom. The molecule has 0 bridgehead atoms. The van der Waals surface area contributed by atoms with Gasteiger partial charge in [-0.1, -0.05) is 11.6 Å². The van der Waals surface area contributed by atoms with E-state index >= 15 is 0 Å². The Kier molecular flexibility index (Phi) is 6.23. The van der Waals surface area contributed by atoms with Crippen molar-refractivity contribution in [3.05, 3.63) is 70.4 Å². The minimum Gasteiger partial charge on any atom is -0.351 e. The standard InChI is InChI=1S/C23H22ClF2N7O/c24-20-15(16(25)4-5-17(20)26)14-33-8-1-3-18-21(33)30-19(13-29-18)22(34)31-9-11-32(12-10-31)23-27-6-2-7-28-23/h2,4-7,13H,1,3,8-12,14H2. The second kappa shape index (κ2) is 9.46. The number of amides is 1. The highest BCUT2D eigenvalue weighted by Gasteiger charge is 2.28. The summed E-state index contributed by atoms with van der Waals surface area (Å²) in [5.41, 5.74) is 1.01. The van der Waals surface area contributed by atoms with Gasteiger partial charge >= 0.3 is 0 Å². The molecule has 0 aliphatic carbocycles. The largest absolute Gasteiger partial charge is 0.351 e. The lowest BCUT2D eigenvalue weighted by Gasteiger charge is -2.35. The van der Waals surface area contributed by atoms with Crippen LogP contribution in [0.2, 0.25) is 5.02 Å². The Labute approximate surface area is 200 Å². The van der Waals surface area contributed by atoms with Crippen LogP contribution >= 0.6 is 11.6 Å². The summed E-state index contributed by atoms with van der Waals surface area (Å²) >= 11 is 6.03. The molecule has 0 saturated carbocycles. The van der Waals surface area contributed by atoms with Crippen LogP contribution in [0.4, 0.5) is 20.5 Å². The molecule has 5 rings (SSSR count). The van der Waals surface area contributed by atoms with E-state index in [1.165, 1.54) is 6.20 Å². The fourth-order valence-corrected chi connectivity index (χ4v) is 4.48. The molecule has 2 aliphatic heterocycles. The summed E-state index contributed by atoms with van der Waals surface area (Å²) in [5.74, 6) is -0.330. The molecule has 34 heavy (non-hydrogen) atoms. The maximum Gasteiger partial charge on any atom is 0.274 e. The zero-order valence-corrected chi connectivity index (χ0v) is 19.0. The maximum absolute atomic E-state index is 14.4. The molecule has 8 nitrogen and oxygen atoms in total. The summed E-state index contributed by atoms with van der Waals surface area (Å²) in [7, 11) is 0. The van der Waals surface area contributed by atoms with E-state index in [-0.39, 0.29) is 28.7 Å². The molecule has 1 fully saturated rings. The molecule has 1 saturated heterocycles. The van der Waals surface area contributed by atoms with Gasteiger partial charge in [0, 0.05) is 57.2 Å². The Morgan fingerprint density at radius 2 is 1.74 bits per heavy atom. The summed E-state index contributed by atoms with van der Waals surface area (Å²) < 4.78 is 28.3. The molecule has 0 radical (unpaired) electrons. The van der Waals surface area contributed by atoms with E-state index in [0.29, 0.717) is 50.9 Å². The van der Waals surface area contributed by atoms with E-state index < -0.39 is 11.6 Å². The average Bonchev–Trinajstić information content (AvgIpc) is 2.89. The average molecular weight is 486 g/mol. The van der Waals surface area contributed by atoms with Gasteiger partial charge in [0.25, 0.3) is 5.91 Å². The van der Waals surface area contributed by atoms with E-state index in [0.717, 1.165) is 24.2 Å². The number of hydrogen-bond donors (Lipinski definition) is 0. The zero-order chi connectivity index (χ0) is 23.7. The molecule has 2 aromatic heterocycles. The summed E-state index contributed by atoms with van der Waals surface area (Å²) in [6.07, 6.45) is 6.36. The topological polar surface area (TPSA) is 78.4 Å². The zero-order valence-electron chi connectivity index (χ0n) is 18.3. The first kappa shape index (κ1) is 22.4. The van der Waals surface area contributed by atoms with Gasteiger partial charge in [-0.3, -0.25) is 9.78 Å². The van der Waals surface area contributed by atoms with Crippen molar-refractivity contribution in [3.8, 4) is 0 Å². The molecule has 3 aromatic rings. The molecule has 176 valence electrons. The second-order valence-corrected chi connectivity index (χ2v) is 8.58. The third-order valence-electron chi connectivity index (χ3n) is 6.08. The molecule has 0 spiro atoms. The monoisotopic (exact) mass is 485 g/mol. The summed E-state index contributed by atoms with van der Waals surface area (Å²) in [5, 5.41) is -0.243. The smallest absolute Gasteiger partial charge is 0.274 e. The molecule has 1 amide bonds. The third-order valence-corrected chi connectivity index (χ3v) is 6.49. The predicted molar refractivity (Wildman–Crippen MR) is 123 cm³/mol. The van der Waals surface area contributed by atoms with Crippen LogP contribution in [0.25, 0.3) is 0 Å². The maximum atomic E-state index is 14.4. The minimum absolute atomic E-state index is 0.0392. The minimum atomic E-state index is -0.676. The SMILES string of the molecule is O=C(c1cnc2c(n1)N(Cc1c(F)ccc(F)c1Cl)CCC2)N1CCN(c2ncccn2)CC1. The third kappa shape index (κ3) is 4.37. The molecule has 2 aliphatic rings. The van der Waals surface area contributed by atoms with Crippen LogP contribution in [0.3, 0.4) is 0 Å². The normalized spacial score (nSPS) is 15.9. The Morgan fingerprint density at radius 1 is 1.00 bits per heavy atom. The molecular formula is C23H22ClF2N7O. The molecule has 1 aromatic carbocycles. The Bertz CT molecular complexity index is 1210. The van der Waals surface area contributed by atoms with E-state index in [1.807, 2.05) is 4.90 Å². The van der Waals surface area contributed by atoms with Crippen molar-refractivity contribution in [3.63, 3.8) is 0 Å². The highest BCUT2D eigenvalue weighted by atomic mass is 35.5. The number of benzene rings is 1. The Hall–Kier alpha value is -3.40. The number of aromatic nitrogens is 4. The van der Waals surface area contributed by atoms with Gasteiger partial charge in [0.2, 0.25) is 5.95 Å². The first-order valence-electron chi connectivity index (χ1n) is 11.1. The van der Waals surface area contributed by atoms with Gasteiger partial charge in [0.05, 0.1) is 16.9 Å². The van der Waals surface area contributed by atoms with Crippen LogP contribution in [0, 0.1) is 11.6 Å². The molecule has 4 heterocycles. The fraction of sp³-hybridized carbons (Fsp3) is 0.348. The van der Waals surface area contributed by atoms with Crippen molar-refractivity contribution < 1.29 is 13.6 Å². The van der Waals surface area contributed by atoms with Crippen molar-refractivity contribution >= 4 is 29.3 Å². The van der Waals surface area contributed by atoms with Crippen molar-refractivity contribution in [2.75, 3.05) is 42.5 Å². The van der Waals surface area contributed by atoms with Crippen LogP contribution < -0.4 is 9.80 Å². The first-order valence-corrected chi connectivity index (χ1v) is 11.4. The van der Waals surface area contributed by atoms with Gasteiger partial charge in [-0.05, 0) is 31.0 Å². The van der Waals surface area contributed by atoms with Crippen molar-refractivity contribution in [1.29, 1.82) is 0 Å². The molecule has 0 unspecified atom stereocenters. The quantitative estimate of drug-likeness (QED) is 0.525. The van der Waals surface area contributed by atoms with E-state index in [4.69, 9.17) is 11.6 Å². The lowest BCUT2D eigenvalue weighted by molar-refractivity contribution is 0.0740. The number of piperazine rings is 1. The van der Waals surface area contributed by atoms with Crippen molar-refractivity contribution in [2.24, 2.45) is 0 Å². The van der Waals surface area contributed by atoms with Gasteiger partial charge in [0.15, 0.2) is 5.82 Å². The number of halogens is 3. The molecule has 11 heteroatoms. The van der Waals surface area contributed by atoms with Gasteiger partial charge in [-0.2, -0.15) is 0 Å². The highest BCUT2D eigenvalue weighted by Crippen LogP contribution is 2.30. The molecule has 0 N–H and O–H groups in total. The lowest BCUT2D eigenvalue weighted by atomic mass is 10.1. The number of rotatable bonds is 4. The van der Waals surface area contributed by atoms with Gasteiger partial charge in [0.1, 0.15) is 17.3 Å². The van der Waals surface area contributed by atoms with Crippen molar-refractivity contribution in [2.45, 2.75) is 19.4 Å². The van der Waals surface area contributed by atoms with Crippen molar-refractivity contribution in [1.82, 2.24) is 24.8 Å². The number of hydrogen-bond acceptors (Lipinski definition) is 7. The van der Waals surface area contributed by atoms with E-state index in [2.05, 4.69) is 19.9 Å². The number of nitrogens with zero attached hydrogens (tertiary/aromatic N) is 7. The second-order valence-electron chi connectivity index (χ2n) is 8.20. The van der Waals surface area contributed by atoms with Crippen LogP contribution in [0.15, 0.2) is 36.8 Å². The van der Waals surface area contributed by atoms with E-state index in [1.54, 1.807) is 28.3 Å². The number of carbonyl (C=O) groups excluding carboxylic acids is 1. The first-order chi connectivity index (χ1) is 16.5. The summed E-state index contributed by atoms with van der Waals surface area (Å²) in [6.45, 7) is 2.83. The van der Waals surface area contributed by atoms with E-state index in [9.17, 15) is 13.6 Å². The van der Waals surface area contributed by atoms with Gasteiger partial charge in [-0.15, -0.1) is 0 Å². The number of aryl methyl sites for hydroxylation is 1. The highest BCUT2D eigenvalue weighted by molar-refractivity contribution is 6.31. The summed E-state index contributed by atoms with van der Waals surface area (Å²) in [6, 6.07) is 3.83. The molecular weight excluding hydrogens is 464 g/mol. The lowest BCUT2D eigenvalue weighted by Crippen LogP contribution is -2.49. The van der Waals surface area contributed by atoms with Crippen LogP contribution in [-0.4, -0.2) is 63.5 Å². The number of anilines is 2. The van der Waals surface area contributed by atoms with Gasteiger partial charge in [-0.25, -0.2) is 23.7 Å². The van der Waals surface area contributed by atoms with Crippen LogP contribution in [-0.2, 0) is 13.0 Å². The number of fused-ring (bicyclic) bond motifs is 1. The summed E-state index contributed by atoms with van der Waals surface area (Å²) in [4.78, 5) is 36.3. The Balaban J connectivity index is 1.33. The fourth-order valence-electron chi connectivity index (χ4n) is 4.27. The van der Waals surface area contributed by atoms with Gasteiger partial charge < -0.3 is 14.7 Å². The van der Waals surface area contributed by atoms with Crippen LogP contribution in [0.1, 0.15) is 28.2 Å². The van der Waals surface area contributed by atoms with Crippen LogP contribution in [0.5, 0.6) is 0 Å². The number of carbonyl (C=O) groups is 1. The predicted octanol–water partition coefficient (Wildman–Crippen LogP) is 3.11.